The molecule has 0 bridgehead atoms. The lowest BCUT2D eigenvalue weighted by molar-refractivity contribution is -0.255. The van der Waals surface area contributed by atoms with Crippen LogP contribution in [0.4, 0.5) is 0 Å². The monoisotopic (exact) mass is 582 g/mol. The van der Waals surface area contributed by atoms with Gasteiger partial charge in [-0.25, -0.2) is 0 Å². The van der Waals surface area contributed by atoms with Gasteiger partial charge in [0.25, 0.3) is 0 Å². The average Bonchev–Trinajstić information content (AvgIpc) is 3.36. The third-order valence-electron chi connectivity index (χ3n) is 15.7. The molecule has 42 heavy (non-hydrogen) atoms. The molecule has 0 heterocycles. The van der Waals surface area contributed by atoms with Crippen molar-refractivity contribution >= 4 is 11.9 Å². The quantitative estimate of drug-likeness (QED) is 0.252. The van der Waals surface area contributed by atoms with Crippen LogP contribution in [0.25, 0.3) is 0 Å². The minimum absolute atomic E-state index is 0.0298. The van der Waals surface area contributed by atoms with E-state index >= 15 is 0 Å². The number of hydrogen-bond donors (Lipinski definition) is 2. The average molecular weight is 583 g/mol. The maximum atomic E-state index is 13.1. The second kappa shape index (κ2) is 10.3. The molecule has 6 saturated carbocycles. The zero-order valence-electron chi connectivity index (χ0n) is 27.2. The van der Waals surface area contributed by atoms with Gasteiger partial charge in [0, 0.05) is 5.41 Å². The molecule has 0 aliphatic heterocycles. The minimum Gasteiger partial charge on any atom is -0.481 e. The second-order valence-corrected chi connectivity index (χ2v) is 17.1. The molecule has 6 fully saturated rings. The van der Waals surface area contributed by atoms with Gasteiger partial charge in [-0.2, -0.15) is 0 Å². The molecule has 0 aromatic rings. The summed E-state index contributed by atoms with van der Waals surface area (Å²) in [5, 5.41) is 22.1. The maximum absolute atomic E-state index is 13.1. The van der Waals surface area contributed by atoms with Crippen molar-refractivity contribution in [1.29, 1.82) is 0 Å². The lowest BCUT2D eigenvalue weighted by atomic mass is 9.32. The van der Waals surface area contributed by atoms with E-state index in [4.69, 9.17) is 4.74 Å². The van der Waals surface area contributed by atoms with E-state index in [-0.39, 0.29) is 34.1 Å². The van der Waals surface area contributed by atoms with Crippen LogP contribution in [-0.2, 0) is 14.3 Å². The molecule has 0 saturated heterocycles. The molecule has 0 aromatic carbocycles. The Bertz CT molecular complexity index is 1110. The SMILES string of the molecule is C=C(C)[C@@H]1CC[C@]2(C(=O)O)CC[C@]3(C)[C@H](CC[C@@H]4[C@@]5(C)CC[C@H](O)[C@@](C)(COC(=O)C6CCCCC6)[C@@H]5CC[C@]43C)[C@@H]12. The molecule has 2 N–H and O–H groups in total. The number of aliphatic carboxylic acids is 1. The van der Waals surface area contributed by atoms with Gasteiger partial charge >= 0.3 is 11.9 Å². The predicted molar refractivity (Wildman–Crippen MR) is 164 cm³/mol. The highest BCUT2D eigenvalue weighted by molar-refractivity contribution is 5.76. The smallest absolute Gasteiger partial charge is 0.309 e. The van der Waals surface area contributed by atoms with Crippen LogP contribution in [0.15, 0.2) is 12.2 Å². The van der Waals surface area contributed by atoms with Crippen molar-refractivity contribution in [3.05, 3.63) is 12.2 Å². The van der Waals surface area contributed by atoms with Crippen LogP contribution in [-0.4, -0.2) is 34.9 Å². The first-order chi connectivity index (χ1) is 19.7. The molecule has 6 rings (SSSR count). The molecule has 0 spiro atoms. The number of rotatable bonds is 5. The van der Waals surface area contributed by atoms with Crippen LogP contribution in [0, 0.1) is 62.6 Å². The Kier molecular flexibility index (Phi) is 7.55. The first-order valence-electron chi connectivity index (χ1n) is 17.5. The van der Waals surface area contributed by atoms with Crippen LogP contribution >= 0.6 is 0 Å². The highest BCUT2D eigenvalue weighted by Gasteiger charge is 2.72. The summed E-state index contributed by atoms with van der Waals surface area (Å²) >= 11 is 0. The van der Waals surface area contributed by atoms with Crippen molar-refractivity contribution < 1.29 is 24.5 Å². The first kappa shape index (κ1) is 30.7. The van der Waals surface area contributed by atoms with E-state index in [9.17, 15) is 19.8 Å². The highest BCUT2D eigenvalue weighted by Crippen LogP contribution is 2.77. The number of carboxylic acid groups (broad SMARTS) is 1. The summed E-state index contributed by atoms with van der Waals surface area (Å²) in [5.41, 5.74) is 0.430. The van der Waals surface area contributed by atoms with Crippen molar-refractivity contribution in [3.8, 4) is 0 Å². The summed E-state index contributed by atoms with van der Waals surface area (Å²) in [6, 6.07) is 0. The number of ether oxygens (including phenoxy) is 1. The molecule has 11 atom stereocenters. The van der Waals surface area contributed by atoms with E-state index in [1.807, 2.05) is 0 Å². The molecule has 0 radical (unpaired) electrons. The molecule has 6 aliphatic rings. The number of carbonyl (C=O) groups is 2. The fraction of sp³-hybridized carbons (Fsp3) is 0.892. The number of aliphatic hydroxyl groups is 1. The van der Waals surface area contributed by atoms with Gasteiger partial charge in [-0.3, -0.25) is 9.59 Å². The van der Waals surface area contributed by atoms with Crippen LogP contribution < -0.4 is 0 Å². The van der Waals surface area contributed by atoms with Gasteiger partial charge in [-0.05, 0) is 130 Å². The molecule has 5 heteroatoms. The molecule has 0 unspecified atom stereocenters. The van der Waals surface area contributed by atoms with Crippen LogP contribution in [0.2, 0.25) is 0 Å². The van der Waals surface area contributed by atoms with E-state index in [2.05, 4.69) is 41.2 Å². The van der Waals surface area contributed by atoms with Gasteiger partial charge in [0.1, 0.15) is 0 Å². The van der Waals surface area contributed by atoms with E-state index in [1.165, 1.54) is 12.0 Å². The van der Waals surface area contributed by atoms with Crippen molar-refractivity contribution in [2.45, 2.75) is 137 Å². The van der Waals surface area contributed by atoms with E-state index in [0.29, 0.717) is 30.3 Å². The topological polar surface area (TPSA) is 83.8 Å². The van der Waals surface area contributed by atoms with Gasteiger partial charge < -0.3 is 14.9 Å². The van der Waals surface area contributed by atoms with Crippen LogP contribution in [0.1, 0.15) is 131 Å². The van der Waals surface area contributed by atoms with Gasteiger partial charge in [0.2, 0.25) is 0 Å². The Hall–Kier alpha value is -1.36. The maximum Gasteiger partial charge on any atom is 0.309 e. The number of carboxylic acids is 1. The van der Waals surface area contributed by atoms with Crippen LogP contribution in [0.5, 0.6) is 0 Å². The number of carbonyl (C=O) groups excluding carboxylic acids is 1. The van der Waals surface area contributed by atoms with Gasteiger partial charge in [0.15, 0.2) is 0 Å². The third-order valence-corrected chi connectivity index (χ3v) is 15.7. The van der Waals surface area contributed by atoms with E-state index in [1.54, 1.807) is 0 Å². The standard InChI is InChI=1S/C37H58O5/c1-23(2)25-14-19-37(32(40)41)21-20-35(5)26(30(25)37)12-13-28-33(3)17-16-29(38)34(4,27(33)15-18-36(28,35)6)22-42-31(39)24-10-8-7-9-11-24/h24-30,38H,1,7-22H2,2-6H3,(H,40,41)/t25-,26+,27+,28+,29-,30+,33-,34-,35+,36+,37-/m0/s1. The van der Waals surface area contributed by atoms with Crippen molar-refractivity contribution in [3.63, 3.8) is 0 Å². The van der Waals surface area contributed by atoms with Crippen molar-refractivity contribution in [2.24, 2.45) is 62.6 Å². The minimum atomic E-state index is -0.589. The summed E-state index contributed by atoms with van der Waals surface area (Å²) in [5.74, 6) is 1.15. The number of fused-ring (bicyclic) bond motifs is 7. The first-order valence-corrected chi connectivity index (χ1v) is 17.5. The van der Waals surface area contributed by atoms with E-state index < -0.39 is 22.9 Å². The molecule has 5 nitrogen and oxygen atoms in total. The molecule has 0 amide bonds. The molecular weight excluding hydrogens is 524 g/mol. The molecule has 0 aromatic heterocycles. The lowest BCUT2D eigenvalue weighted by Gasteiger charge is -2.72. The Morgan fingerprint density at radius 2 is 1.52 bits per heavy atom. The number of allylic oxidation sites excluding steroid dienone is 1. The van der Waals surface area contributed by atoms with Crippen molar-refractivity contribution in [2.75, 3.05) is 6.61 Å². The van der Waals surface area contributed by atoms with Gasteiger partial charge in [0.05, 0.1) is 24.0 Å². The predicted octanol–water partition coefficient (Wildman–Crippen LogP) is 8.19. The normalized spacial score (nSPS) is 50.5. The number of hydrogen-bond acceptors (Lipinski definition) is 4. The summed E-state index contributed by atoms with van der Waals surface area (Å²) in [6.07, 6.45) is 14.6. The van der Waals surface area contributed by atoms with Gasteiger partial charge in [-0.1, -0.05) is 59.1 Å². The summed E-state index contributed by atoms with van der Waals surface area (Å²) in [7, 11) is 0. The zero-order chi connectivity index (χ0) is 30.3. The Morgan fingerprint density at radius 1 is 0.810 bits per heavy atom. The number of aliphatic hydroxyl groups excluding tert-OH is 1. The van der Waals surface area contributed by atoms with Crippen molar-refractivity contribution in [1.82, 2.24) is 0 Å². The molecule has 6 aliphatic carbocycles. The summed E-state index contributed by atoms with van der Waals surface area (Å²) in [4.78, 5) is 26.0. The second-order valence-electron chi connectivity index (χ2n) is 17.1. The fourth-order valence-electron chi connectivity index (χ4n) is 13.2. The summed E-state index contributed by atoms with van der Waals surface area (Å²) in [6.45, 7) is 16.7. The summed E-state index contributed by atoms with van der Waals surface area (Å²) < 4.78 is 6.11. The van der Waals surface area contributed by atoms with Gasteiger partial charge in [-0.15, -0.1) is 0 Å². The molecular formula is C37H58O5. The Labute approximate surface area is 254 Å². The number of esters is 1. The Balaban J connectivity index is 1.29. The Morgan fingerprint density at radius 3 is 2.19 bits per heavy atom. The third kappa shape index (κ3) is 4.09. The zero-order valence-corrected chi connectivity index (χ0v) is 27.2. The van der Waals surface area contributed by atoms with E-state index in [0.717, 1.165) is 89.9 Å². The fourth-order valence-corrected chi connectivity index (χ4v) is 13.2. The molecule has 236 valence electrons. The van der Waals surface area contributed by atoms with Crippen LogP contribution in [0.3, 0.4) is 0 Å². The largest absolute Gasteiger partial charge is 0.481 e. The lowest BCUT2D eigenvalue weighted by Crippen LogP contribution is -2.67. The highest BCUT2D eigenvalue weighted by atomic mass is 16.5.